The van der Waals surface area contributed by atoms with Crippen LogP contribution < -0.4 is 11.5 Å². The molecule has 16 heavy (non-hydrogen) atoms. The molecule has 0 aromatic heterocycles. The van der Waals surface area contributed by atoms with Gasteiger partial charge in [0.1, 0.15) is 0 Å². The summed E-state index contributed by atoms with van der Waals surface area (Å²) in [4.78, 5) is 13.0. The third-order valence-corrected chi connectivity index (χ3v) is 3.07. The first-order chi connectivity index (χ1) is 7.62. The lowest BCUT2D eigenvalue weighted by molar-refractivity contribution is -0.119. The minimum Gasteiger partial charge on any atom is -0.377 e. The molecule has 1 fully saturated rings. The molecule has 1 saturated heterocycles. The zero-order chi connectivity index (χ0) is 12.1. The van der Waals surface area contributed by atoms with Gasteiger partial charge in [-0.05, 0) is 0 Å². The van der Waals surface area contributed by atoms with E-state index < -0.39 is 0 Å². The monoisotopic (exact) mass is 231 g/mol. The van der Waals surface area contributed by atoms with Crippen molar-refractivity contribution in [1.29, 1.82) is 0 Å². The first-order valence-electron chi connectivity index (χ1n) is 5.40. The Morgan fingerprint density at radius 1 is 1.38 bits per heavy atom. The Balaban J connectivity index is 2.57. The van der Waals surface area contributed by atoms with Gasteiger partial charge >= 0.3 is 0 Å². The van der Waals surface area contributed by atoms with E-state index in [9.17, 15) is 4.79 Å². The van der Waals surface area contributed by atoms with E-state index in [1.807, 2.05) is 0 Å². The molecule has 3 atom stereocenters. The standard InChI is InChI=1S/C10H21N3O3/c1-15-8-5-13(6-9(8)16-2)7(4-11)3-10(12)14/h7-9H,3-6,11H2,1-2H3,(H2,12,14). The molecule has 1 amide bonds. The molecule has 1 aliphatic rings. The summed E-state index contributed by atoms with van der Waals surface area (Å²) < 4.78 is 10.6. The fraction of sp³-hybridized carbons (Fsp3) is 0.900. The van der Waals surface area contributed by atoms with Crippen molar-refractivity contribution < 1.29 is 14.3 Å². The Hall–Kier alpha value is -0.690. The van der Waals surface area contributed by atoms with Gasteiger partial charge in [-0.2, -0.15) is 0 Å². The van der Waals surface area contributed by atoms with Crippen molar-refractivity contribution in [2.75, 3.05) is 33.9 Å². The predicted molar refractivity (Wildman–Crippen MR) is 59.8 cm³/mol. The number of carbonyl (C=O) groups excluding carboxylic acids is 1. The van der Waals surface area contributed by atoms with E-state index in [-0.39, 0.29) is 30.6 Å². The van der Waals surface area contributed by atoms with Crippen molar-refractivity contribution >= 4 is 5.91 Å². The highest BCUT2D eigenvalue weighted by molar-refractivity contribution is 5.74. The summed E-state index contributed by atoms with van der Waals surface area (Å²) in [6.07, 6.45) is 0.350. The minimum absolute atomic E-state index is 0.0182. The summed E-state index contributed by atoms with van der Waals surface area (Å²) in [5.74, 6) is -0.328. The van der Waals surface area contributed by atoms with Crippen LogP contribution in [0.25, 0.3) is 0 Å². The Labute approximate surface area is 95.8 Å². The number of methoxy groups -OCH3 is 2. The molecule has 3 unspecified atom stereocenters. The van der Waals surface area contributed by atoms with Crippen molar-refractivity contribution in [2.24, 2.45) is 11.5 Å². The molecule has 6 nitrogen and oxygen atoms in total. The molecule has 4 N–H and O–H groups in total. The van der Waals surface area contributed by atoms with E-state index in [0.29, 0.717) is 6.54 Å². The van der Waals surface area contributed by atoms with Crippen molar-refractivity contribution in [3.05, 3.63) is 0 Å². The number of rotatable bonds is 6. The van der Waals surface area contributed by atoms with E-state index in [2.05, 4.69) is 4.90 Å². The first-order valence-corrected chi connectivity index (χ1v) is 5.40. The third-order valence-electron chi connectivity index (χ3n) is 3.07. The van der Waals surface area contributed by atoms with Gasteiger partial charge in [0.25, 0.3) is 0 Å². The molecule has 0 aromatic rings. The first kappa shape index (κ1) is 13.4. The summed E-state index contributed by atoms with van der Waals surface area (Å²) in [5, 5.41) is 0. The normalized spacial score (nSPS) is 28.2. The molecule has 0 aromatic carbocycles. The average molecular weight is 231 g/mol. The van der Waals surface area contributed by atoms with Crippen LogP contribution in [0.4, 0.5) is 0 Å². The summed E-state index contributed by atoms with van der Waals surface area (Å²) in [5.41, 5.74) is 10.8. The number of primary amides is 1. The van der Waals surface area contributed by atoms with Gasteiger partial charge in [-0.15, -0.1) is 0 Å². The molecule has 1 heterocycles. The maximum absolute atomic E-state index is 10.9. The predicted octanol–water partition coefficient (Wildman–Crippen LogP) is -1.47. The lowest BCUT2D eigenvalue weighted by Gasteiger charge is -2.25. The van der Waals surface area contributed by atoms with Gasteiger partial charge in [-0.25, -0.2) is 0 Å². The number of hydrogen-bond acceptors (Lipinski definition) is 5. The van der Waals surface area contributed by atoms with Crippen LogP contribution in [0.1, 0.15) is 6.42 Å². The maximum atomic E-state index is 10.9. The van der Waals surface area contributed by atoms with Crippen LogP contribution in [-0.2, 0) is 14.3 Å². The quantitative estimate of drug-likeness (QED) is 0.582. The van der Waals surface area contributed by atoms with Crippen LogP contribution in [0.5, 0.6) is 0 Å². The fourth-order valence-electron chi connectivity index (χ4n) is 2.12. The largest absolute Gasteiger partial charge is 0.377 e. The van der Waals surface area contributed by atoms with E-state index in [4.69, 9.17) is 20.9 Å². The van der Waals surface area contributed by atoms with Gasteiger partial charge < -0.3 is 20.9 Å². The number of carbonyl (C=O) groups is 1. The second kappa shape index (κ2) is 6.15. The highest BCUT2D eigenvalue weighted by atomic mass is 16.5. The second-order valence-electron chi connectivity index (χ2n) is 4.06. The molecule has 94 valence electrons. The zero-order valence-electron chi connectivity index (χ0n) is 9.89. The second-order valence-corrected chi connectivity index (χ2v) is 4.06. The Bertz CT molecular complexity index is 225. The molecule has 0 aliphatic carbocycles. The molecule has 0 saturated carbocycles. The van der Waals surface area contributed by atoms with Gasteiger partial charge in [0.2, 0.25) is 5.91 Å². The molecule has 0 bridgehead atoms. The third kappa shape index (κ3) is 3.15. The number of hydrogen-bond donors (Lipinski definition) is 2. The highest BCUT2D eigenvalue weighted by Crippen LogP contribution is 2.19. The Morgan fingerprint density at radius 3 is 2.19 bits per heavy atom. The Kier molecular flexibility index (Phi) is 5.14. The lowest BCUT2D eigenvalue weighted by atomic mass is 10.2. The highest BCUT2D eigenvalue weighted by Gasteiger charge is 2.36. The number of nitrogens with zero attached hydrogens (tertiary/aromatic N) is 1. The van der Waals surface area contributed by atoms with Crippen molar-refractivity contribution in [3.8, 4) is 0 Å². The van der Waals surface area contributed by atoms with E-state index in [1.54, 1.807) is 14.2 Å². The molecular formula is C10H21N3O3. The fourth-order valence-corrected chi connectivity index (χ4v) is 2.12. The van der Waals surface area contributed by atoms with Gasteiger partial charge in [0, 0.05) is 46.3 Å². The zero-order valence-corrected chi connectivity index (χ0v) is 9.89. The molecular weight excluding hydrogens is 210 g/mol. The SMILES string of the molecule is COC1CN(C(CN)CC(N)=O)CC1OC. The molecule has 0 spiro atoms. The topological polar surface area (TPSA) is 90.8 Å². The maximum Gasteiger partial charge on any atom is 0.219 e. The summed E-state index contributed by atoms with van der Waals surface area (Å²) in [7, 11) is 3.32. The number of likely N-dealkylation sites (tertiary alicyclic amines) is 1. The van der Waals surface area contributed by atoms with Crippen LogP contribution in [0, 0.1) is 0 Å². The van der Waals surface area contributed by atoms with Gasteiger partial charge in [0.15, 0.2) is 0 Å². The number of amides is 1. The Morgan fingerprint density at radius 2 is 1.88 bits per heavy atom. The molecule has 1 rings (SSSR count). The van der Waals surface area contributed by atoms with E-state index in [0.717, 1.165) is 13.1 Å². The van der Waals surface area contributed by atoms with Gasteiger partial charge in [0.05, 0.1) is 12.2 Å². The minimum atomic E-state index is -0.328. The number of ether oxygens (including phenoxy) is 2. The van der Waals surface area contributed by atoms with Crippen molar-refractivity contribution in [3.63, 3.8) is 0 Å². The molecule has 6 heteroatoms. The van der Waals surface area contributed by atoms with E-state index in [1.165, 1.54) is 0 Å². The van der Waals surface area contributed by atoms with Gasteiger partial charge in [-0.3, -0.25) is 9.69 Å². The smallest absolute Gasteiger partial charge is 0.219 e. The molecule has 1 aliphatic heterocycles. The van der Waals surface area contributed by atoms with Crippen LogP contribution in [0.2, 0.25) is 0 Å². The summed E-state index contributed by atoms with van der Waals surface area (Å²) in [6, 6.07) is -0.0182. The lowest BCUT2D eigenvalue weighted by Crippen LogP contribution is -2.42. The van der Waals surface area contributed by atoms with Crippen LogP contribution in [0.3, 0.4) is 0 Å². The summed E-state index contributed by atoms with van der Waals surface area (Å²) >= 11 is 0. The van der Waals surface area contributed by atoms with Crippen molar-refractivity contribution in [1.82, 2.24) is 4.90 Å². The summed E-state index contributed by atoms with van der Waals surface area (Å²) in [6.45, 7) is 1.87. The van der Waals surface area contributed by atoms with E-state index >= 15 is 0 Å². The van der Waals surface area contributed by atoms with Crippen molar-refractivity contribution in [2.45, 2.75) is 24.7 Å². The average Bonchev–Trinajstić information content (AvgIpc) is 2.68. The number of nitrogens with two attached hydrogens (primary N) is 2. The van der Waals surface area contributed by atoms with Crippen LogP contribution >= 0.6 is 0 Å². The van der Waals surface area contributed by atoms with Crippen LogP contribution in [0.15, 0.2) is 0 Å². The molecule has 0 radical (unpaired) electrons. The van der Waals surface area contributed by atoms with Crippen LogP contribution in [-0.4, -0.2) is 62.9 Å². The van der Waals surface area contributed by atoms with Gasteiger partial charge in [-0.1, -0.05) is 0 Å².